The standard InChI is InChI=1S/C20H13ClN2OS2/c21-18-11-10-17(26-18)19(24)23-20-22-16(12-25-20)15-8-6-14(7-9-15)13-4-2-1-3-5-13/h1-12H,(H,22,23,24). The lowest BCUT2D eigenvalue weighted by Gasteiger charge is -2.03. The summed E-state index contributed by atoms with van der Waals surface area (Å²) in [5, 5.41) is 5.33. The Kier molecular flexibility index (Phi) is 4.84. The van der Waals surface area contributed by atoms with Crippen molar-refractivity contribution in [2.45, 2.75) is 0 Å². The highest BCUT2D eigenvalue weighted by Gasteiger charge is 2.12. The molecule has 2 heterocycles. The molecule has 26 heavy (non-hydrogen) atoms. The van der Waals surface area contributed by atoms with Crippen molar-refractivity contribution in [2.24, 2.45) is 0 Å². The van der Waals surface area contributed by atoms with Gasteiger partial charge in [-0.05, 0) is 23.3 Å². The number of carbonyl (C=O) groups is 1. The molecule has 2 aromatic heterocycles. The van der Waals surface area contributed by atoms with E-state index in [1.54, 1.807) is 12.1 Å². The first-order chi connectivity index (χ1) is 12.7. The minimum absolute atomic E-state index is 0.192. The van der Waals surface area contributed by atoms with Crippen LogP contribution in [0.15, 0.2) is 72.1 Å². The lowest BCUT2D eigenvalue weighted by atomic mass is 10.0. The number of hydrogen-bond acceptors (Lipinski definition) is 4. The third-order valence-corrected chi connectivity index (χ3v) is 5.80. The van der Waals surface area contributed by atoms with Gasteiger partial charge in [0.2, 0.25) is 0 Å². The fraction of sp³-hybridized carbons (Fsp3) is 0. The number of amides is 1. The van der Waals surface area contributed by atoms with Crippen molar-refractivity contribution in [3.05, 3.63) is 81.3 Å². The van der Waals surface area contributed by atoms with E-state index in [9.17, 15) is 4.79 Å². The number of nitrogens with zero attached hydrogens (tertiary/aromatic N) is 1. The summed E-state index contributed by atoms with van der Waals surface area (Å²) in [6.45, 7) is 0. The second-order valence-electron chi connectivity index (χ2n) is 5.54. The van der Waals surface area contributed by atoms with Crippen molar-refractivity contribution >= 4 is 45.3 Å². The number of aromatic nitrogens is 1. The molecule has 1 N–H and O–H groups in total. The number of nitrogens with one attached hydrogen (secondary N) is 1. The van der Waals surface area contributed by atoms with E-state index in [2.05, 4.69) is 34.6 Å². The molecule has 6 heteroatoms. The second-order valence-corrected chi connectivity index (χ2v) is 8.11. The number of halogens is 1. The molecule has 0 spiro atoms. The average Bonchev–Trinajstić information content (AvgIpc) is 3.32. The monoisotopic (exact) mass is 396 g/mol. The zero-order valence-electron chi connectivity index (χ0n) is 13.5. The van der Waals surface area contributed by atoms with Crippen LogP contribution in [0.25, 0.3) is 22.4 Å². The predicted octanol–water partition coefficient (Wildman–Crippen LogP) is 6.44. The van der Waals surface area contributed by atoms with E-state index in [-0.39, 0.29) is 5.91 Å². The fourth-order valence-corrected chi connectivity index (χ4v) is 4.18. The van der Waals surface area contributed by atoms with Gasteiger partial charge < -0.3 is 0 Å². The van der Waals surface area contributed by atoms with Crippen LogP contribution in [0.2, 0.25) is 4.34 Å². The highest BCUT2D eigenvalue weighted by Crippen LogP contribution is 2.28. The first-order valence-electron chi connectivity index (χ1n) is 7.87. The van der Waals surface area contributed by atoms with Crippen LogP contribution in [-0.2, 0) is 0 Å². The van der Waals surface area contributed by atoms with Crippen molar-refractivity contribution < 1.29 is 4.79 Å². The maximum Gasteiger partial charge on any atom is 0.267 e. The SMILES string of the molecule is O=C(Nc1nc(-c2ccc(-c3ccccc3)cc2)cs1)c1ccc(Cl)s1. The Bertz CT molecular complexity index is 1040. The van der Waals surface area contributed by atoms with Crippen LogP contribution in [0.4, 0.5) is 5.13 Å². The normalized spacial score (nSPS) is 10.7. The van der Waals surface area contributed by atoms with Gasteiger partial charge in [-0.25, -0.2) is 4.98 Å². The molecular formula is C20H13ClN2OS2. The van der Waals surface area contributed by atoms with Crippen LogP contribution in [0, 0.1) is 0 Å². The first-order valence-corrected chi connectivity index (χ1v) is 9.94. The van der Waals surface area contributed by atoms with Crippen molar-refractivity contribution in [3.8, 4) is 22.4 Å². The summed E-state index contributed by atoms with van der Waals surface area (Å²) in [6, 6.07) is 21.9. The molecule has 4 rings (SSSR count). The lowest BCUT2D eigenvalue weighted by Crippen LogP contribution is -2.09. The molecule has 3 nitrogen and oxygen atoms in total. The summed E-state index contributed by atoms with van der Waals surface area (Å²) in [5.74, 6) is -0.192. The first kappa shape index (κ1) is 17.0. The summed E-state index contributed by atoms with van der Waals surface area (Å²) in [6.07, 6.45) is 0. The largest absolute Gasteiger partial charge is 0.297 e. The van der Waals surface area contributed by atoms with E-state index in [1.807, 2.05) is 35.7 Å². The van der Waals surface area contributed by atoms with Crippen molar-refractivity contribution in [3.63, 3.8) is 0 Å². The van der Waals surface area contributed by atoms with Gasteiger partial charge in [-0.2, -0.15) is 0 Å². The van der Waals surface area contributed by atoms with E-state index >= 15 is 0 Å². The highest BCUT2D eigenvalue weighted by atomic mass is 35.5. The van der Waals surface area contributed by atoms with Gasteiger partial charge in [0, 0.05) is 10.9 Å². The van der Waals surface area contributed by atoms with E-state index in [0.717, 1.165) is 16.8 Å². The van der Waals surface area contributed by atoms with Crippen LogP contribution in [0.1, 0.15) is 9.67 Å². The molecule has 0 fully saturated rings. The van der Waals surface area contributed by atoms with Crippen LogP contribution in [-0.4, -0.2) is 10.9 Å². The topological polar surface area (TPSA) is 42.0 Å². The Balaban J connectivity index is 1.50. The van der Waals surface area contributed by atoms with E-state index < -0.39 is 0 Å². The van der Waals surface area contributed by atoms with Crippen LogP contribution < -0.4 is 5.32 Å². The summed E-state index contributed by atoms with van der Waals surface area (Å²) < 4.78 is 0.591. The van der Waals surface area contributed by atoms with Gasteiger partial charge >= 0.3 is 0 Å². The summed E-state index contributed by atoms with van der Waals surface area (Å²) in [4.78, 5) is 17.3. The average molecular weight is 397 g/mol. The van der Waals surface area contributed by atoms with Gasteiger partial charge in [-0.3, -0.25) is 10.1 Å². The molecule has 0 aliphatic heterocycles. The summed E-state index contributed by atoms with van der Waals surface area (Å²) >= 11 is 8.53. The lowest BCUT2D eigenvalue weighted by molar-refractivity contribution is 0.103. The third kappa shape index (κ3) is 3.70. The van der Waals surface area contributed by atoms with Crippen molar-refractivity contribution in [1.82, 2.24) is 4.98 Å². The van der Waals surface area contributed by atoms with Gasteiger partial charge in [0.25, 0.3) is 5.91 Å². The Hall–Kier alpha value is -2.47. The third-order valence-electron chi connectivity index (χ3n) is 3.81. The maximum absolute atomic E-state index is 12.2. The molecule has 0 atom stereocenters. The summed E-state index contributed by atoms with van der Waals surface area (Å²) in [5.41, 5.74) is 4.20. The number of carbonyl (C=O) groups excluding carboxylic acids is 1. The Labute approximate surface area is 163 Å². The van der Waals surface area contributed by atoms with Gasteiger partial charge in [-0.15, -0.1) is 22.7 Å². The van der Waals surface area contributed by atoms with Crippen LogP contribution in [0.3, 0.4) is 0 Å². The fourth-order valence-electron chi connectivity index (χ4n) is 2.52. The number of rotatable bonds is 4. The predicted molar refractivity (Wildman–Crippen MR) is 110 cm³/mol. The Morgan fingerprint density at radius 3 is 2.27 bits per heavy atom. The second kappa shape index (κ2) is 7.41. The Morgan fingerprint density at radius 1 is 0.885 bits per heavy atom. The molecule has 0 bridgehead atoms. The molecule has 0 aliphatic rings. The molecule has 0 radical (unpaired) electrons. The number of hydrogen-bond donors (Lipinski definition) is 1. The smallest absolute Gasteiger partial charge is 0.267 e. The molecular weight excluding hydrogens is 384 g/mol. The minimum atomic E-state index is -0.192. The maximum atomic E-state index is 12.2. The quantitative estimate of drug-likeness (QED) is 0.431. The molecule has 0 saturated carbocycles. The highest BCUT2D eigenvalue weighted by molar-refractivity contribution is 7.18. The Morgan fingerprint density at radius 2 is 1.58 bits per heavy atom. The molecule has 0 unspecified atom stereocenters. The van der Waals surface area contributed by atoms with Gasteiger partial charge in [-0.1, -0.05) is 66.2 Å². The van der Waals surface area contributed by atoms with Crippen molar-refractivity contribution in [2.75, 3.05) is 5.32 Å². The molecule has 2 aromatic carbocycles. The number of anilines is 1. The van der Waals surface area contributed by atoms with Crippen LogP contribution >= 0.6 is 34.3 Å². The summed E-state index contributed by atoms with van der Waals surface area (Å²) in [7, 11) is 0. The van der Waals surface area contributed by atoms with Gasteiger partial charge in [0.1, 0.15) is 0 Å². The van der Waals surface area contributed by atoms with Gasteiger partial charge in [0.05, 0.1) is 14.9 Å². The van der Waals surface area contributed by atoms with Crippen LogP contribution in [0.5, 0.6) is 0 Å². The van der Waals surface area contributed by atoms with Gasteiger partial charge in [0.15, 0.2) is 5.13 Å². The molecule has 0 saturated heterocycles. The molecule has 0 aliphatic carbocycles. The molecule has 1 amide bonds. The number of thiophene rings is 1. The molecule has 4 aromatic rings. The van der Waals surface area contributed by atoms with Crippen molar-refractivity contribution in [1.29, 1.82) is 0 Å². The minimum Gasteiger partial charge on any atom is -0.297 e. The number of thiazole rings is 1. The van der Waals surface area contributed by atoms with E-state index in [0.29, 0.717) is 14.3 Å². The van der Waals surface area contributed by atoms with E-state index in [1.165, 1.54) is 28.2 Å². The van der Waals surface area contributed by atoms with E-state index in [4.69, 9.17) is 11.6 Å². The number of benzene rings is 2. The molecule has 128 valence electrons. The zero-order valence-corrected chi connectivity index (χ0v) is 15.9. The zero-order chi connectivity index (χ0) is 17.9.